The van der Waals surface area contributed by atoms with Gasteiger partial charge in [0.25, 0.3) is 0 Å². The summed E-state index contributed by atoms with van der Waals surface area (Å²) in [5.41, 5.74) is 0.583. The first-order valence-electron chi connectivity index (χ1n) is 6.65. The molecule has 0 amide bonds. The van der Waals surface area contributed by atoms with E-state index in [0.29, 0.717) is 18.1 Å². The molecule has 2 aromatic heterocycles. The second kappa shape index (κ2) is 6.80. The first kappa shape index (κ1) is 15.6. The Balaban J connectivity index is 2.28. The number of esters is 1. The molecule has 2 rings (SSSR count). The van der Waals surface area contributed by atoms with E-state index in [-0.39, 0.29) is 17.8 Å². The van der Waals surface area contributed by atoms with Crippen LogP contribution in [0.1, 0.15) is 32.6 Å². The maximum Gasteiger partial charge on any atom is 0.318 e. The van der Waals surface area contributed by atoms with Gasteiger partial charge < -0.3 is 9.26 Å². The monoisotopic (exact) mass is 353 g/mol. The van der Waals surface area contributed by atoms with Gasteiger partial charge in [0, 0.05) is 10.7 Å². The topological polar surface area (TPSA) is 78.1 Å². The summed E-state index contributed by atoms with van der Waals surface area (Å²) in [5, 5.41) is 3.89. The molecular formula is C14H16BrN3O3. The van der Waals surface area contributed by atoms with Crippen molar-refractivity contribution in [1.82, 2.24) is 15.1 Å². The highest BCUT2D eigenvalue weighted by molar-refractivity contribution is 9.10. The smallest absolute Gasteiger partial charge is 0.318 e. The third-order valence-corrected chi connectivity index (χ3v) is 3.34. The summed E-state index contributed by atoms with van der Waals surface area (Å²) in [6.45, 7) is 5.89. The Morgan fingerprint density at radius 2 is 2.19 bits per heavy atom. The molecule has 2 heterocycles. The number of carbonyl (C=O) groups is 1. The largest absolute Gasteiger partial charge is 0.465 e. The zero-order valence-corrected chi connectivity index (χ0v) is 13.6. The van der Waals surface area contributed by atoms with Crippen LogP contribution in [0, 0.1) is 5.92 Å². The molecule has 0 aromatic carbocycles. The number of ether oxygens (including phenoxy) is 1. The van der Waals surface area contributed by atoms with Gasteiger partial charge in [0.2, 0.25) is 11.7 Å². The maximum absolute atomic E-state index is 12.0. The van der Waals surface area contributed by atoms with Crippen molar-refractivity contribution in [2.45, 2.75) is 26.7 Å². The van der Waals surface area contributed by atoms with Gasteiger partial charge in [0.05, 0.1) is 6.61 Å². The lowest BCUT2D eigenvalue weighted by Crippen LogP contribution is -2.21. The van der Waals surface area contributed by atoms with Crippen LogP contribution in [0.4, 0.5) is 0 Å². The molecule has 7 heteroatoms. The van der Waals surface area contributed by atoms with Gasteiger partial charge in [0.15, 0.2) is 0 Å². The van der Waals surface area contributed by atoms with Crippen LogP contribution < -0.4 is 0 Å². The second-order valence-electron chi connectivity index (χ2n) is 4.79. The van der Waals surface area contributed by atoms with Crippen molar-refractivity contribution >= 4 is 21.9 Å². The van der Waals surface area contributed by atoms with E-state index >= 15 is 0 Å². The average molecular weight is 354 g/mol. The van der Waals surface area contributed by atoms with Crippen LogP contribution in [0.15, 0.2) is 27.3 Å². The fourth-order valence-corrected chi connectivity index (χ4v) is 2.10. The molecule has 6 nitrogen and oxygen atoms in total. The molecule has 0 spiro atoms. The first-order valence-corrected chi connectivity index (χ1v) is 7.44. The lowest BCUT2D eigenvalue weighted by molar-refractivity contribution is -0.146. The van der Waals surface area contributed by atoms with E-state index in [1.54, 1.807) is 19.2 Å². The third kappa shape index (κ3) is 3.66. The zero-order valence-electron chi connectivity index (χ0n) is 12.0. The van der Waals surface area contributed by atoms with Crippen molar-refractivity contribution in [3.63, 3.8) is 0 Å². The fraction of sp³-hybridized carbons (Fsp3) is 0.429. The molecule has 0 N–H and O–H groups in total. The highest BCUT2D eigenvalue weighted by atomic mass is 79.9. The van der Waals surface area contributed by atoms with Gasteiger partial charge in [-0.2, -0.15) is 4.98 Å². The number of rotatable bonds is 5. The second-order valence-corrected chi connectivity index (χ2v) is 5.71. The van der Waals surface area contributed by atoms with E-state index in [0.717, 1.165) is 4.47 Å². The van der Waals surface area contributed by atoms with Crippen LogP contribution in [-0.2, 0) is 9.53 Å². The molecule has 0 bridgehead atoms. The van der Waals surface area contributed by atoms with Gasteiger partial charge in [-0.25, -0.2) is 0 Å². The van der Waals surface area contributed by atoms with Gasteiger partial charge in [-0.3, -0.25) is 9.78 Å². The van der Waals surface area contributed by atoms with E-state index < -0.39 is 5.92 Å². The van der Waals surface area contributed by atoms with Crippen molar-refractivity contribution in [2.75, 3.05) is 6.61 Å². The Kier molecular flexibility index (Phi) is 5.06. The first-order chi connectivity index (χ1) is 10.0. The van der Waals surface area contributed by atoms with Gasteiger partial charge >= 0.3 is 5.97 Å². The van der Waals surface area contributed by atoms with Crippen molar-refractivity contribution in [3.8, 4) is 11.5 Å². The minimum absolute atomic E-state index is 0.00442. The predicted octanol–water partition coefficient (Wildman–Crippen LogP) is 3.20. The van der Waals surface area contributed by atoms with Crippen LogP contribution in [0.2, 0.25) is 0 Å². The molecule has 112 valence electrons. The predicted molar refractivity (Wildman–Crippen MR) is 79.4 cm³/mol. The molecule has 0 saturated heterocycles. The molecule has 2 aromatic rings. The van der Waals surface area contributed by atoms with Crippen LogP contribution >= 0.6 is 15.9 Å². The number of halogens is 1. The normalized spacial score (nSPS) is 12.4. The number of hydrogen-bond acceptors (Lipinski definition) is 6. The standard InChI is InChI=1S/C14H16BrN3O3/c1-4-20-14(19)11(8(2)3)13-17-12(18-21-13)10-6-5-9(15)7-16-10/h5-8,11H,4H2,1-3H3. The summed E-state index contributed by atoms with van der Waals surface area (Å²) >= 11 is 3.31. The van der Waals surface area contributed by atoms with Crippen LogP contribution in [-0.4, -0.2) is 27.7 Å². The maximum atomic E-state index is 12.0. The third-order valence-electron chi connectivity index (χ3n) is 2.87. The van der Waals surface area contributed by atoms with Crippen molar-refractivity contribution in [2.24, 2.45) is 5.92 Å². The molecule has 1 atom stereocenters. The summed E-state index contributed by atoms with van der Waals surface area (Å²) in [4.78, 5) is 20.5. The molecular weight excluding hydrogens is 338 g/mol. The van der Waals surface area contributed by atoms with Crippen LogP contribution in [0.5, 0.6) is 0 Å². The van der Waals surface area contributed by atoms with E-state index in [1.165, 1.54) is 0 Å². The molecule has 0 fully saturated rings. The Labute approximate surface area is 131 Å². The molecule has 0 saturated carbocycles. The molecule has 1 unspecified atom stereocenters. The Bertz CT molecular complexity index is 610. The summed E-state index contributed by atoms with van der Waals surface area (Å²) in [7, 11) is 0. The highest BCUT2D eigenvalue weighted by Crippen LogP contribution is 2.26. The van der Waals surface area contributed by atoms with E-state index in [9.17, 15) is 4.79 Å². The Morgan fingerprint density at radius 3 is 2.76 bits per heavy atom. The average Bonchev–Trinajstić information content (AvgIpc) is 2.89. The summed E-state index contributed by atoms with van der Waals surface area (Å²) in [6.07, 6.45) is 1.65. The van der Waals surface area contributed by atoms with E-state index in [2.05, 4.69) is 31.1 Å². The molecule has 0 aliphatic rings. The number of hydrogen-bond donors (Lipinski definition) is 0. The minimum Gasteiger partial charge on any atom is -0.465 e. The van der Waals surface area contributed by atoms with Crippen LogP contribution in [0.3, 0.4) is 0 Å². The number of aromatic nitrogens is 3. The minimum atomic E-state index is -0.568. The molecule has 21 heavy (non-hydrogen) atoms. The Morgan fingerprint density at radius 1 is 1.43 bits per heavy atom. The molecule has 0 radical (unpaired) electrons. The van der Waals surface area contributed by atoms with Crippen LogP contribution in [0.25, 0.3) is 11.5 Å². The highest BCUT2D eigenvalue weighted by Gasteiger charge is 2.31. The van der Waals surface area contributed by atoms with E-state index in [4.69, 9.17) is 9.26 Å². The van der Waals surface area contributed by atoms with Gasteiger partial charge in [-0.05, 0) is 40.9 Å². The summed E-state index contributed by atoms with van der Waals surface area (Å²) in [5.74, 6) is -0.320. The molecule has 0 aliphatic carbocycles. The number of pyridine rings is 1. The summed E-state index contributed by atoms with van der Waals surface area (Å²) in [6, 6.07) is 3.61. The van der Waals surface area contributed by atoms with Gasteiger partial charge in [0.1, 0.15) is 11.6 Å². The zero-order chi connectivity index (χ0) is 15.4. The number of carbonyl (C=O) groups excluding carboxylic acids is 1. The van der Waals surface area contributed by atoms with E-state index in [1.807, 2.05) is 19.9 Å². The van der Waals surface area contributed by atoms with Crippen molar-refractivity contribution in [1.29, 1.82) is 0 Å². The lowest BCUT2D eigenvalue weighted by atomic mass is 9.96. The van der Waals surface area contributed by atoms with Gasteiger partial charge in [-0.15, -0.1) is 0 Å². The van der Waals surface area contributed by atoms with Crippen molar-refractivity contribution in [3.05, 3.63) is 28.7 Å². The quantitative estimate of drug-likeness (QED) is 0.768. The summed E-state index contributed by atoms with van der Waals surface area (Å²) < 4.78 is 11.2. The van der Waals surface area contributed by atoms with Gasteiger partial charge in [-0.1, -0.05) is 19.0 Å². The lowest BCUT2D eigenvalue weighted by Gasteiger charge is -2.14. The Hall–Kier alpha value is -1.76. The molecule has 0 aliphatic heterocycles. The SMILES string of the molecule is CCOC(=O)C(c1nc(-c2ccc(Br)cn2)no1)C(C)C. The fourth-order valence-electron chi connectivity index (χ4n) is 1.86. The number of nitrogens with zero attached hydrogens (tertiary/aromatic N) is 3. The van der Waals surface area contributed by atoms with Crippen molar-refractivity contribution < 1.29 is 14.1 Å².